The Hall–Kier alpha value is -3.30. The molecule has 228 valence electrons. The first-order valence-electron chi connectivity index (χ1n) is 15.3. The van der Waals surface area contributed by atoms with Crippen LogP contribution >= 0.6 is 0 Å². The first-order valence-corrected chi connectivity index (χ1v) is 15.3. The van der Waals surface area contributed by atoms with Crippen LogP contribution in [0, 0.1) is 11.7 Å². The Morgan fingerprint density at radius 3 is 2.45 bits per heavy atom. The van der Waals surface area contributed by atoms with Crippen molar-refractivity contribution >= 4 is 12.2 Å². The Labute approximate surface area is 247 Å². The Balaban J connectivity index is 1.29. The van der Waals surface area contributed by atoms with Crippen molar-refractivity contribution in [1.82, 2.24) is 19.4 Å². The topological polar surface area (TPSA) is 86.1 Å². The van der Waals surface area contributed by atoms with Crippen LogP contribution in [-0.2, 0) is 22.1 Å². The van der Waals surface area contributed by atoms with Crippen LogP contribution in [0.1, 0.15) is 90.6 Å². The minimum absolute atomic E-state index is 0.0547. The number of nitrogens with zero attached hydrogens (tertiary/aromatic N) is 4. The number of imidazole rings is 1. The molecule has 1 aliphatic carbocycles. The molecule has 0 bridgehead atoms. The minimum atomic E-state index is -0.740. The number of hydrogen-bond acceptors (Lipinski definition) is 6. The predicted molar refractivity (Wildman–Crippen MR) is 155 cm³/mol. The maximum absolute atomic E-state index is 15.4. The zero-order valence-electron chi connectivity index (χ0n) is 25.7. The molecule has 2 amide bonds. The van der Waals surface area contributed by atoms with E-state index in [1.807, 2.05) is 32.7 Å². The van der Waals surface area contributed by atoms with E-state index in [9.17, 15) is 9.59 Å². The Morgan fingerprint density at radius 2 is 1.81 bits per heavy atom. The Morgan fingerprint density at radius 1 is 1.10 bits per heavy atom. The molecule has 1 spiro atoms. The van der Waals surface area contributed by atoms with Crippen LogP contribution in [0.15, 0.2) is 18.2 Å². The molecule has 6 rings (SSSR count). The number of carbonyl (C=O) groups excluding carboxylic acids is 2. The molecule has 3 aliphatic heterocycles. The van der Waals surface area contributed by atoms with E-state index in [1.54, 1.807) is 17.0 Å². The normalized spacial score (nSPS) is 22.7. The number of benzene rings is 1. The SMILES string of the molecule is Cn1c(C2CCN(C(=O)OC(C)(C)C)C(C)(C)C2)nc2c1C1(CCN(C(=O)OCC3CC3)CC1)Oc1cccc(F)c1-2. The van der Waals surface area contributed by atoms with Gasteiger partial charge in [-0.25, -0.2) is 19.0 Å². The van der Waals surface area contributed by atoms with Crippen LogP contribution in [0.4, 0.5) is 14.0 Å². The predicted octanol–water partition coefficient (Wildman–Crippen LogP) is 6.35. The highest BCUT2D eigenvalue weighted by Crippen LogP contribution is 2.51. The second kappa shape index (κ2) is 10.2. The van der Waals surface area contributed by atoms with E-state index in [0.29, 0.717) is 74.8 Å². The Bertz CT molecular complexity index is 1380. The maximum Gasteiger partial charge on any atom is 0.410 e. The third kappa shape index (κ3) is 5.22. The summed E-state index contributed by atoms with van der Waals surface area (Å²) in [5.41, 5.74) is 0.0873. The Kier molecular flexibility index (Phi) is 6.97. The summed E-state index contributed by atoms with van der Waals surface area (Å²) < 4.78 is 35.4. The molecule has 1 unspecified atom stereocenters. The second-order valence-corrected chi connectivity index (χ2v) is 14.1. The van der Waals surface area contributed by atoms with Crippen LogP contribution in [0.25, 0.3) is 11.3 Å². The van der Waals surface area contributed by atoms with E-state index >= 15 is 4.39 Å². The number of piperidine rings is 2. The second-order valence-electron chi connectivity index (χ2n) is 14.1. The van der Waals surface area contributed by atoms with Crippen LogP contribution < -0.4 is 4.74 Å². The number of carbonyl (C=O) groups is 2. The van der Waals surface area contributed by atoms with E-state index in [-0.39, 0.29) is 23.9 Å². The number of aromatic nitrogens is 2. The molecule has 1 atom stereocenters. The molecular formula is C32H43FN4O5. The summed E-state index contributed by atoms with van der Waals surface area (Å²) in [7, 11) is 1.99. The zero-order valence-corrected chi connectivity index (χ0v) is 25.7. The number of fused-ring (bicyclic) bond motifs is 4. The molecule has 42 heavy (non-hydrogen) atoms. The number of halogens is 1. The van der Waals surface area contributed by atoms with Gasteiger partial charge in [-0.15, -0.1) is 0 Å². The maximum atomic E-state index is 15.4. The molecule has 2 aromatic rings. The van der Waals surface area contributed by atoms with Gasteiger partial charge in [0.25, 0.3) is 0 Å². The fraction of sp³-hybridized carbons (Fsp3) is 0.656. The smallest absolute Gasteiger partial charge is 0.410 e. The first-order chi connectivity index (χ1) is 19.8. The molecule has 0 N–H and O–H groups in total. The molecule has 1 aromatic carbocycles. The summed E-state index contributed by atoms with van der Waals surface area (Å²) in [5, 5.41) is 0. The van der Waals surface area contributed by atoms with Crippen LogP contribution in [0.3, 0.4) is 0 Å². The summed E-state index contributed by atoms with van der Waals surface area (Å²) >= 11 is 0. The number of rotatable bonds is 3. The van der Waals surface area contributed by atoms with Gasteiger partial charge in [-0.3, -0.25) is 0 Å². The van der Waals surface area contributed by atoms with Gasteiger partial charge in [0.1, 0.15) is 28.7 Å². The highest BCUT2D eigenvalue weighted by Gasteiger charge is 2.50. The van der Waals surface area contributed by atoms with E-state index in [2.05, 4.69) is 18.4 Å². The lowest BCUT2D eigenvalue weighted by Gasteiger charge is -2.45. The number of amides is 2. The van der Waals surface area contributed by atoms with Crippen LogP contribution in [-0.4, -0.2) is 68.9 Å². The lowest BCUT2D eigenvalue weighted by molar-refractivity contribution is -0.0121. The zero-order chi connectivity index (χ0) is 30.0. The van der Waals surface area contributed by atoms with Crippen molar-refractivity contribution < 1.29 is 28.2 Å². The van der Waals surface area contributed by atoms with Gasteiger partial charge in [0, 0.05) is 51.0 Å². The average Bonchev–Trinajstić information content (AvgIpc) is 3.67. The standard InChI is InChI=1S/C32H43FN4O5/c1-30(2,3)42-29(39)37-15-12-21(18-31(37,4)5)27-34-25-24-22(33)8-7-9-23(24)41-32(26(25)35(27)6)13-16-36(17-14-32)28(38)40-19-20-10-11-20/h7-9,20-21H,10-19H2,1-6H3. The molecule has 2 saturated heterocycles. The van der Waals surface area contributed by atoms with Gasteiger partial charge in [0.15, 0.2) is 5.60 Å². The third-order valence-corrected chi connectivity index (χ3v) is 9.20. The minimum Gasteiger partial charge on any atom is -0.480 e. The molecule has 0 radical (unpaired) electrons. The first kappa shape index (κ1) is 28.8. The number of hydrogen-bond donors (Lipinski definition) is 0. The summed E-state index contributed by atoms with van der Waals surface area (Å²) in [6.45, 7) is 11.7. The summed E-state index contributed by atoms with van der Waals surface area (Å²) in [6.07, 6.45) is 4.18. The quantitative estimate of drug-likeness (QED) is 0.419. The van der Waals surface area contributed by atoms with Crippen LogP contribution in [0.5, 0.6) is 5.75 Å². The largest absolute Gasteiger partial charge is 0.480 e. The highest BCUT2D eigenvalue weighted by molar-refractivity contribution is 5.74. The molecule has 10 heteroatoms. The summed E-state index contributed by atoms with van der Waals surface area (Å²) in [5.74, 6) is 1.54. The summed E-state index contributed by atoms with van der Waals surface area (Å²) in [6, 6.07) is 4.91. The van der Waals surface area contributed by atoms with Gasteiger partial charge in [-0.05, 0) is 78.4 Å². The molecule has 9 nitrogen and oxygen atoms in total. The molecule has 4 aliphatic rings. The molecule has 1 aromatic heterocycles. The fourth-order valence-corrected chi connectivity index (χ4v) is 6.89. The van der Waals surface area contributed by atoms with Crippen molar-refractivity contribution in [1.29, 1.82) is 0 Å². The lowest BCUT2D eigenvalue weighted by Crippen LogP contribution is -2.54. The average molecular weight is 583 g/mol. The van der Waals surface area contributed by atoms with Crippen molar-refractivity contribution in [3.63, 3.8) is 0 Å². The van der Waals surface area contributed by atoms with Crippen LogP contribution in [0.2, 0.25) is 0 Å². The van der Waals surface area contributed by atoms with E-state index in [4.69, 9.17) is 19.2 Å². The van der Waals surface area contributed by atoms with Crippen molar-refractivity contribution in [3.05, 3.63) is 35.5 Å². The number of ether oxygens (including phenoxy) is 3. The van der Waals surface area contributed by atoms with Gasteiger partial charge in [0.2, 0.25) is 0 Å². The monoisotopic (exact) mass is 582 g/mol. The molecule has 3 fully saturated rings. The lowest BCUT2D eigenvalue weighted by atomic mass is 9.82. The van der Waals surface area contributed by atoms with Gasteiger partial charge in [-0.1, -0.05) is 6.07 Å². The van der Waals surface area contributed by atoms with E-state index < -0.39 is 16.7 Å². The van der Waals surface area contributed by atoms with Crippen molar-refractivity contribution in [2.75, 3.05) is 26.2 Å². The molecule has 1 saturated carbocycles. The molecular weight excluding hydrogens is 539 g/mol. The van der Waals surface area contributed by atoms with Gasteiger partial charge in [-0.2, -0.15) is 0 Å². The van der Waals surface area contributed by atoms with Gasteiger partial charge >= 0.3 is 12.2 Å². The van der Waals surface area contributed by atoms with Crippen molar-refractivity contribution in [2.45, 2.75) is 95.8 Å². The van der Waals surface area contributed by atoms with E-state index in [0.717, 1.165) is 24.4 Å². The fourth-order valence-electron chi connectivity index (χ4n) is 6.89. The highest BCUT2D eigenvalue weighted by atomic mass is 19.1. The van der Waals surface area contributed by atoms with E-state index in [1.165, 1.54) is 6.07 Å². The van der Waals surface area contributed by atoms with Gasteiger partial charge in [0.05, 0.1) is 17.9 Å². The van der Waals surface area contributed by atoms with Crippen molar-refractivity contribution in [2.24, 2.45) is 13.0 Å². The molecule has 4 heterocycles. The number of likely N-dealkylation sites (tertiary alicyclic amines) is 2. The van der Waals surface area contributed by atoms with Crippen molar-refractivity contribution in [3.8, 4) is 17.0 Å². The third-order valence-electron chi connectivity index (χ3n) is 9.20. The van der Waals surface area contributed by atoms with Gasteiger partial charge < -0.3 is 28.6 Å². The summed E-state index contributed by atoms with van der Waals surface area (Å²) in [4.78, 5) is 34.5.